The number of hydrogen-bond donors (Lipinski definition) is 1. The maximum absolute atomic E-state index is 14.8. The van der Waals surface area contributed by atoms with Crippen LogP contribution in [0.15, 0.2) is 35.7 Å². The van der Waals surface area contributed by atoms with E-state index in [1.54, 1.807) is 23.3 Å². The summed E-state index contributed by atoms with van der Waals surface area (Å²) in [7, 11) is 2.63. The molecule has 3 heterocycles. The lowest BCUT2D eigenvalue weighted by Crippen LogP contribution is -2.10. The predicted octanol–water partition coefficient (Wildman–Crippen LogP) is 2.78. The van der Waals surface area contributed by atoms with Crippen molar-refractivity contribution in [3.8, 4) is 22.6 Å². The minimum atomic E-state index is -0.777. The Bertz CT molecular complexity index is 1100. The quantitative estimate of drug-likeness (QED) is 0.643. The maximum atomic E-state index is 14.8. The molecule has 0 fully saturated rings. The molecule has 0 aliphatic carbocycles. The van der Waals surface area contributed by atoms with Gasteiger partial charge in [0.05, 0.1) is 45.8 Å². The lowest BCUT2D eigenvalue weighted by Gasteiger charge is -2.13. The highest BCUT2D eigenvalue weighted by molar-refractivity contribution is 6.05. The van der Waals surface area contributed by atoms with Gasteiger partial charge in [0.15, 0.2) is 23.1 Å². The number of halogens is 2. The summed E-state index contributed by atoms with van der Waals surface area (Å²) in [4.78, 5) is 8.90. The normalized spacial score (nSPS) is 12.6. The topological polar surface area (TPSA) is 81.8 Å². The van der Waals surface area contributed by atoms with Crippen molar-refractivity contribution in [2.75, 3.05) is 20.8 Å². The minimum Gasteiger partial charge on any atom is -0.494 e. The third-order valence-electron chi connectivity index (χ3n) is 5.01. The predicted molar refractivity (Wildman–Crippen MR) is 106 cm³/mol. The van der Waals surface area contributed by atoms with Crippen LogP contribution in [-0.2, 0) is 19.5 Å². The van der Waals surface area contributed by atoms with Gasteiger partial charge in [0, 0.05) is 52.8 Å². The molecular formula is C21H20F2N4O3. The molecule has 0 bridgehead atoms. The molecule has 0 saturated heterocycles. The molecule has 0 saturated carbocycles. The molecule has 0 atom stereocenters. The van der Waals surface area contributed by atoms with Gasteiger partial charge in [-0.05, 0) is 6.07 Å². The van der Waals surface area contributed by atoms with Crippen molar-refractivity contribution in [3.63, 3.8) is 0 Å². The summed E-state index contributed by atoms with van der Waals surface area (Å²) in [6, 6.07) is 3.07. The molecule has 30 heavy (non-hydrogen) atoms. The summed E-state index contributed by atoms with van der Waals surface area (Å²) >= 11 is 0. The monoisotopic (exact) mass is 414 g/mol. The van der Waals surface area contributed by atoms with Crippen molar-refractivity contribution in [1.82, 2.24) is 14.8 Å². The Morgan fingerprint density at radius 3 is 2.47 bits per heavy atom. The molecule has 0 radical (unpaired) electrons. The molecule has 9 heteroatoms. The van der Waals surface area contributed by atoms with Crippen LogP contribution < -0.4 is 9.47 Å². The summed E-state index contributed by atoms with van der Waals surface area (Å²) in [6.07, 6.45) is 5.13. The van der Waals surface area contributed by atoms with Crippen LogP contribution in [0.3, 0.4) is 0 Å². The first-order valence-electron chi connectivity index (χ1n) is 9.30. The third-order valence-corrected chi connectivity index (χ3v) is 5.01. The standard InChI is InChI=1S/C21H20F2N4O3/c1-29-18-7-19(30-2)21(23)15(20(18)22)6-16-14-5-12(8-24-17(14)10-25-16)13-9-26-27(11-13)3-4-28/h5,7-9,11,28H,3-4,6,10H2,1-2H3. The zero-order valence-corrected chi connectivity index (χ0v) is 16.5. The van der Waals surface area contributed by atoms with E-state index in [-0.39, 0.29) is 30.1 Å². The first-order valence-corrected chi connectivity index (χ1v) is 9.30. The second-order valence-corrected chi connectivity index (χ2v) is 6.76. The summed E-state index contributed by atoms with van der Waals surface area (Å²) in [5.41, 5.74) is 3.48. The molecule has 1 N–H and O–H groups in total. The number of rotatable bonds is 7. The number of hydrogen-bond acceptors (Lipinski definition) is 6. The van der Waals surface area contributed by atoms with Crippen LogP contribution in [0.1, 0.15) is 16.8 Å². The van der Waals surface area contributed by atoms with Crippen LogP contribution in [0.25, 0.3) is 11.1 Å². The Morgan fingerprint density at radius 2 is 1.80 bits per heavy atom. The van der Waals surface area contributed by atoms with Crippen molar-refractivity contribution >= 4 is 5.71 Å². The van der Waals surface area contributed by atoms with E-state index in [0.29, 0.717) is 18.8 Å². The van der Waals surface area contributed by atoms with Crippen molar-refractivity contribution in [1.29, 1.82) is 0 Å². The van der Waals surface area contributed by atoms with Crippen LogP contribution in [0.2, 0.25) is 0 Å². The molecule has 156 valence electrons. The number of ether oxygens (including phenoxy) is 2. The van der Waals surface area contributed by atoms with Crippen LogP contribution >= 0.6 is 0 Å². The molecule has 2 aromatic heterocycles. The lowest BCUT2D eigenvalue weighted by molar-refractivity contribution is 0.269. The summed E-state index contributed by atoms with van der Waals surface area (Å²) < 4.78 is 41.2. The van der Waals surface area contributed by atoms with Crippen molar-refractivity contribution in [2.24, 2.45) is 4.99 Å². The second-order valence-electron chi connectivity index (χ2n) is 6.76. The van der Waals surface area contributed by atoms with Gasteiger partial charge in [-0.15, -0.1) is 0 Å². The number of aliphatic hydroxyl groups is 1. The Morgan fingerprint density at radius 1 is 1.07 bits per heavy atom. The number of benzene rings is 1. The highest BCUT2D eigenvalue weighted by atomic mass is 19.1. The molecule has 1 aliphatic heterocycles. The van der Waals surface area contributed by atoms with E-state index in [2.05, 4.69) is 15.1 Å². The minimum absolute atomic E-state index is 0.0124. The maximum Gasteiger partial charge on any atom is 0.171 e. The van der Waals surface area contributed by atoms with E-state index in [0.717, 1.165) is 22.4 Å². The fourth-order valence-corrected chi connectivity index (χ4v) is 3.43. The molecule has 0 spiro atoms. The number of pyridine rings is 1. The summed E-state index contributed by atoms with van der Waals surface area (Å²) in [5, 5.41) is 13.2. The first-order chi connectivity index (χ1) is 14.5. The van der Waals surface area contributed by atoms with E-state index in [1.807, 2.05) is 6.07 Å². The third kappa shape index (κ3) is 3.52. The van der Waals surface area contributed by atoms with Gasteiger partial charge in [0.2, 0.25) is 0 Å². The van der Waals surface area contributed by atoms with Gasteiger partial charge >= 0.3 is 0 Å². The molecule has 1 aromatic carbocycles. The Labute approximate surface area is 171 Å². The smallest absolute Gasteiger partial charge is 0.171 e. The van der Waals surface area contributed by atoms with E-state index in [4.69, 9.17) is 14.6 Å². The number of nitrogens with zero attached hydrogens (tertiary/aromatic N) is 4. The largest absolute Gasteiger partial charge is 0.494 e. The molecular weight excluding hydrogens is 394 g/mol. The zero-order valence-electron chi connectivity index (χ0n) is 16.5. The Balaban J connectivity index is 1.68. The number of aromatic nitrogens is 3. The van der Waals surface area contributed by atoms with Crippen LogP contribution in [0.5, 0.6) is 11.5 Å². The highest BCUT2D eigenvalue weighted by Gasteiger charge is 2.25. The van der Waals surface area contributed by atoms with Crippen LogP contribution in [-0.4, -0.2) is 46.4 Å². The van der Waals surface area contributed by atoms with Crippen molar-refractivity contribution in [3.05, 3.63) is 59.2 Å². The van der Waals surface area contributed by atoms with E-state index >= 15 is 0 Å². The van der Waals surface area contributed by atoms with E-state index in [1.165, 1.54) is 20.3 Å². The molecule has 7 nitrogen and oxygen atoms in total. The highest BCUT2D eigenvalue weighted by Crippen LogP contribution is 2.33. The fourth-order valence-electron chi connectivity index (χ4n) is 3.43. The molecule has 3 aromatic rings. The summed E-state index contributed by atoms with van der Waals surface area (Å²) in [6.45, 7) is 0.724. The lowest BCUT2D eigenvalue weighted by atomic mass is 9.99. The molecule has 1 aliphatic rings. The van der Waals surface area contributed by atoms with Crippen LogP contribution in [0, 0.1) is 11.6 Å². The fraction of sp³-hybridized carbons (Fsp3) is 0.286. The number of aliphatic imine (C=N–C) groups is 1. The number of methoxy groups -OCH3 is 2. The molecule has 4 rings (SSSR count). The number of fused-ring (bicyclic) bond motifs is 1. The number of aliphatic hydroxyl groups excluding tert-OH is 1. The summed E-state index contributed by atoms with van der Waals surface area (Å²) in [5.74, 6) is -1.74. The molecule has 0 amide bonds. The average Bonchev–Trinajstić information content (AvgIpc) is 3.38. The van der Waals surface area contributed by atoms with E-state index < -0.39 is 11.6 Å². The van der Waals surface area contributed by atoms with E-state index in [9.17, 15) is 8.78 Å². The van der Waals surface area contributed by atoms with Gasteiger partial charge in [-0.1, -0.05) is 0 Å². The van der Waals surface area contributed by atoms with Crippen molar-refractivity contribution < 1.29 is 23.4 Å². The van der Waals surface area contributed by atoms with Crippen LogP contribution in [0.4, 0.5) is 8.78 Å². The molecule has 0 unspecified atom stereocenters. The Kier molecular flexibility index (Phi) is 5.45. The van der Waals surface area contributed by atoms with Gasteiger partial charge < -0.3 is 14.6 Å². The zero-order chi connectivity index (χ0) is 21.3. The van der Waals surface area contributed by atoms with Gasteiger partial charge in [0.25, 0.3) is 0 Å². The van der Waals surface area contributed by atoms with Gasteiger partial charge in [-0.3, -0.25) is 14.7 Å². The average molecular weight is 414 g/mol. The van der Waals surface area contributed by atoms with Gasteiger partial charge in [0.1, 0.15) is 0 Å². The first kappa shape index (κ1) is 20.0. The second kappa shape index (κ2) is 8.19. The van der Waals surface area contributed by atoms with Gasteiger partial charge in [-0.2, -0.15) is 5.10 Å². The SMILES string of the molecule is COc1cc(OC)c(F)c(CC2=NCc3ncc(-c4cnn(CCO)c4)cc32)c1F. The Hall–Kier alpha value is -3.33. The van der Waals surface area contributed by atoms with Gasteiger partial charge in [-0.25, -0.2) is 8.78 Å². The van der Waals surface area contributed by atoms with Crippen molar-refractivity contribution in [2.45, 2.75) is 19.5 Å².